The first kappa shape index (κ1) is 19.0. The zero-order chi connectivity index (χ0) is 19.4. The average Bonchev–Trinajstić information content (AvgIpc) is 2.64. The smallest absolute Gasteiger partial charge is 0.292 e. The Balaban J connectivity index is 1.74. The Hall–Kier alpha value is -2.77. The first-order valence-corrected chi connectivity index (χ1v) is 8.52. The summed E-state index contributed by atoms with van der Waals surface area (Å²) >= 11 is 6.06. The van der Waals surface area contributed by atoms with E-state index in [1.165, 1.54) is 6.20 Å². The molecule has 140 valence electrons. The molecule has 3 aromatic rings. The van der Waals surface area contributed by atoms with Crippen molar-refractivity contribution in [2.75, 3.05) is 11.9 Å². The van der Waals surface area contributed by atoms with Gasteiger partial charge in [0.2, 0.25) is 0 Å². The number of rotatable bonds is 6. The van der Waals surface area contributed by atoms with Crippen LogP contribution in [0, 0.1) is 11.6 Å². The number of hydrogen-bond acceptors (Lipinski definition) is 4. The van der Waals surface area contributed by atoms with E-state index < -0.39 is 23.3 Å². The fourth-order valence-electron chi connectivity index (χ4n) is 2.57. The van der Waals surface area contributed by atoms with Gasteiger partial charge in [-0.3, -0.25) is 4.79 Å². The van der Waals surface area contributed by atoms with Gasteiger partial charge in [-0.05, 0) is 17.7 Å². The van der Waals surface area contributed by atoms with Crippen molar-refractivity contribution in [3.63, 3.8) is 0 Å². The van der Waals surface area contributed by atoms with Crippen LogP contribution in [0.5, 0.6) is 0 Å². The van der Waals surface area contributed by atoms with Crippen LogP contribution in [0.25, 0.3) is 5.69 Å². The zero-order valence-corrected chi connectivity index (χ0v) is 14.8. The highest BCUT2D eigenvalue weighted by Gasteiger charge is 2.15. The second-order valence-corrected chi connectivity index (χ2v) is 6.29. The van der Waals surface area contributed by atoms with E-state index in [4.69, 9.17) is 11.6 Å². The lowest BCUT2D eigenvalue weighted by atomic mass is 10.1. The summed E-state index contributed by atoms with van der Waals surface area (Å²) in [5.41, 5.74) is 0.217. The van der Waals surface area contributed by atoms with Crippen LogP contribution < -0.4 is 10.9 Å². The summed E-state index contributed by atoms with van der Waals surface area (Å²) in [5, 5.41) is 16.7. The molecule has 0 bridgehead atoms. The van der Waals surface area contributed by atoms with Crippen LogP contribution in [0.3, 0.4) is 0 Å². The Labute approximate surface area is 158 Å². The maximum Gasteiger partial charge on any atom is 0.292 e. The van der Waals surface area contributed by atoms with E-state index in [9.17, 15) is 18.7 Å². The largest absolute Gasteiger partial charge is 0.391 e. The van der Waals surface area contributed by atoms with Crippen molar-refractivity contribution in [1.29, 1.82) is 0 Å². The Morgan fingerprint density at radius 2 is 1.93 bits per heavy atom. The molecular formula is C19H16ClF2N3O2. The van der Waals surface area contributed by atoms with E-state index in [1.54, 1.807) is 0 Å². The molecule has 1 unspecified atom stereocenters. The summed E-state index contributed by atoms with van der Waals surface area (Å²) in [4.78, 5) is 12.4. The highest BCUT2D eigenvalue weighted by molar-refractivity contribution is 6.32. The van der Waals surface area contributed by atoms with E-state index >= 15 is 0 Å². The highest BCUT2D eigenvalue weighted by atomic mass is 35.5. The van der Waals surface area contributed by atoms with Gasteiger partial charge in [-0.25, -0.2) is 8.78 Å². The quantitative estimate of drug-likeness (QED) is 0.677. The van der Waals surface area contributed by atoms with Crippen molar-refractivity contribution in [3.8, 4) is 5.69 Å². The third kappa shape index (κ3) is 4.50. The molecule has 0 fully saturated rings. The van der Waals surface area contributed by atoms with Crippen LogP contribution in [0.2, 0.25) is 5.02 Å². The Morgan fingerprint density at radius 3 is 2.63 bits per heavy atom. The highest BCUT2D eigenvalue weighted by Crippen LogP contribution is 2.18. The number of aliphatic hydroxyl groups is 1. The van der Waals surface area contributed by atoms with E-state index in [1.807, 2.05) is 30.3 Å². The lowest BCUT2D eigenvalue weighted by Gasteiger charge is -2.14. The van der Waals surface area contributed by atoms with Gasteiger partial charge < -0.3 is 10.4 Å². The van der Waals surface area contributed by atoms with Crippen molar-refractivity contribution in [2.45, 2.75) is 12.5 Å². The fourth-order valence-corrected chi connectivity index (χ4v) is 2.76. The molecule has 1 aromatic heterocycles. The van der Waals surface area contributed by atoms with Crippen molar-refractivity contribution in [1.82, 2.24) is 9.78 Å². The first-order chi connectivity index (χ1) is 13.0. The van der Waals surface area contributed by atoms with Gasteiger partial charge in [0.05, 0.1) is 18.0 Å². The Bertz CT molecular complexity index is 996. The Morgan fingerprint density at radius 1 is 1.19 bits per heavy atom. The molecule has 2 aromatic carbocycles. The third-order valence-electron chi connectivity index (χ3n) is 3.90. The van der Waals surface area contributed by atoms with Crippen LogP contribution in [0.15, 0.2) is 59.5 Å². The second-order valence-electron chi connectivity index (χ2n) is 5.91. The maximum absolute atomic E-state index is 13.9. The van der Waals surface area contributed by atoms with E-state index in [0.717, 1.165) is 22.4 Å². The third-order valence-corrected chi connectivity index (χ3v) is 4.26. The molecule has 0 spiro atoms. The van der Waals surface area contributed by atoms with Crippen LogP contribution in [0.1, 0.15) is 5.56 Å². The first-order valence-electron chi connectivity index (χ1n) is 8.15. The number of nitrogens with zero attached hydrogens (tertiary/aromatic N) is 2. The average molecular weight is 392 g/mol. The van der Waals surface area contributed by atoms with E-state index in [2.05, 4.69) is 10.4 Å². The van der Waals surface area contributed by atoms with Crippen LogP contribution in [-0.4, -0.2) is 27.5 Å². The maximum atomic E-state index is 13.9. The van der Waals surface area contributed by atoms with E-state index in [0.29, 0.717) is 12.5 Å². The van der Waals surface area contributed by atoms with Crippen molar-refractivity contribution in [2.24, 2.45) is 0 Å². The van der Waals surface area contributed by atoms with Gasteiger partial charge in [-0.15, -0.1) is 0 Å². The van der Waals surface area contributed by atoms with Gasteiger partial charge in [-0.2, -0.15) is 9.78 Å². The van der Waals surface area contributed by atoms with Gasteiger partial charge >= 0.3 is 0 Å². The number of aromatic nitrogens is 2. The minimum absolute atomic E-state index is 0.144. The molecule has 27 heavy (non-hydrogen) atoms. The molecule has 2 N–H and O–H groups in total. The van der Waals surface area contributed by atoms with Gasteiger partial charge in [0.1, 0.15) is 16.5 Å². The molecule has 0 radical (unpaired) electrons. The molecule has 1 heterocycles. The van der Waals surface area contributed by atoms with Gasteiger partial charge in [0.25, 0.3) is 5.56 Å². The predicted molar refractivity (Wildman–Crippen MR) is 99.4 cm³/mol. The van der Waals surface area contributed by atoms with Gasteiger partial charge in [0, 0.05) is 19.0 Å². The van der Waals surface area contributed by atoms with Crippen LogP contribution >= 0.6 is 11.6 Å². The Kier molecular flexibility index (Phi) is 5.83. The van der Waals surface area contributed by atoms with E-state index in [-0.39, 0.29) is 22.9 Å². The number of anilines is 1. The van der Waals surface area contributed by atoms with Crippen LogP contribution in [0.4, 0.5) is 14.5 Å². The van der Waals surface area contributed by atoms with Crippen molar-refractivity contribution >= 4 is 17.3 Å². The fraction of sp³-hybridized carbons (Fsp3) is 0.158. The molecule has 1 atom stereocenters. The number of aliphatic hydroxyl groups excluding tert-OH is 1. The minimum Gasteiger partial charge on any atom is -0.391 e. The van der Waals surface area contributed by atoms with Crippen LogP contribution in [-0.2, 0) is 6.42 Å². The molecule has 5 nitrogen and oxygen atoms in total. The summed E-state index contributed by atoms with van der Waals surface area (Å²) in [5.74, 6) is -1.69. The molecule has 0 aliphatic heterocycles. The lowest BCUT2D eigenvalue weighted by molar-refractivity contribution is 0.188. The molecule has 0 amide bonds. The molecule has 8 heteroatoms. The lowest BCUT2D eigenvalue weighted by Crippen LogP contribution is -2.26. The standard InChI is InChI=1S/C19H16ClF2N3O2/c20-18-16(23-10-14(26)8-12-4-2-1-3-5-12)11-24-25(19(18)27)17-7-6-13(21)9-15(17)22/h1-7,9,11,14,23,26H,8,10H2. The monoisotopic (exact) mass is 391 g/mol. The molecule has 0 aliphatic rings. The topological polar surface area (TPSA) is 67.2 Å². The molecule has 3 rings (SSSR count). The van der Waals surface area contributed by atoms with Gasteiger partial charge in [0.15, 0.2) is 5.82 Å². The molecule has 0 saturated carbocycles. The number of hydrogen-bond donors (Lipinski definition) is 2. The summed E-state index contributed by atoms with van der Waals surface area (Å²) in [6, 6.07) is 12.2. The van der Waals surface area contributed by atoms with Gasteiger partial charge in [-0.1, -0.05) is 41.9 Å². The second kappa shape index (κ2) is 8.28. The molecule has 0 saturated heterocycles. The summed E-state index contributed by atoms with van der Waals surface area (Å²) in [6.07, 6.45) is 0.971. The predicted octanol–water partition coefficient (Wildman–Crippen LogP) is 3.18. The zero-order valence-electron chi connectivity index (χ0n) is 14.1. The summed E-state index contributed by atoms with van der Waals surface area (Å²) < 4.78 is 27.7. The normalized spacial score (nSPS) is 12.0. The van der Waals surface area contributed by atoms with Crippen molar-refractivity contribution < 1.29 is 13.9 Å². The number of benzene rings is 2. The summed E-state index contributed by atoms with van der Waals surface area (Å²) in [7, 11) is 0. The van der Waals surface area contributed by atoms with Crippen molar-refractivity contribution in [3.05, 3.63) is 87.3 Å². The number of halogens is 3. The minimum atomic E-state index is -0.931. The molecular weight excluding hydrogens is 376 g/mol. The number of nitrogens with one attached hydrogen (secondary N) is 1. The summed E-state index contributed by atoms with van der Waals surface area (Å²) in [6.45, 7) is 0.144. The molecule has 0 aliphatic carbocycles. The SMILES string of the molecule is O=c1c(Cl)c(NCC(O)Cc2ccccc2)cnn1-c1ccc(F)cc1F.